The molecule has 2 N–H and O–H groups in total. The molecule has 1 heterocycles. The predicted octanol–water partition coefficient (Wildman–Crippen LogP) is 1.76. The van der Waals surface area contributed by atoms with Gasteiger partial charge in [0.15, 0.2) is 11.6 Å². The van der Waals surface area contributed by atoms with E-state index in [1.807, 2.05) is 0 Å². The first-order valence-electron chi connectivity index (χ1n) is 6.02. The van der Waals surface area contributed by atoms with E-state index in [4.69, 9.17) is 10.5 Å². The highest BCUT2D eigenvalue weighted by atomic mass is 19.1. The van der Waals surface area contributed by atoms with E-state index in [-0.39, 0.29) is 5.82 Å². The molecule has 0 spiro atoms. The number of ether oxygens (including phenoxy) is 1. The van der Waals surface area contributed by atoms with Gasteiger partial charge in [0, 0.05) is 12.6 Å². The Morgan fingerprint density at radius 3 is 3.00 bits per heavy atom. The van der Waals surface area contributed by atoms with Gasteiger partial charge in [-0.25, -0.2) is 4.39 Å². The van der Waals surface area contributed by atoms with E-state index < -0.39 is 0 Å². The van der Waals surface area contributed by atoms with E-state index in [9.17, 15) is 4.39 Å². The zero-order valence-corrected chi connectivity index (χ0v) is 10.2. The summed E-state index contributed by atoms with van der Waals surface area (Å²) in [5, 5.41) is 0. The molecule has 1 saturated heterocycles. The first-order valence-corrected chi connectivity index (χ1v) is 6.02. The van der Waals surface area contributed by atoms with Crippen LogP contribution in [0.15, 0.2) is 18.2 Å². The van der Waals surface area contributed by atoms with Crippen LogP contribution in [0.4, 0.5) is 4.39 Å². The van der Waals surface area contributed by atoms with E-state index in [1.54, 1.807) is 12.1 Å². The molecule has 94 valence electrons. The van der Waals surface area contributed by atoms with Crippen molar-refractivity contribution >= 4 is 0 Å². The quantitative estimate of drug-likeness (QED) is 0.868. The lowest BCUT2D eigenvalue weighted by molar-refractivity contribution is 0.193. The van der Waals surface area contributed by atoms with Crippen LogP contribution in [0.2, 0.25) is 0 Å². The second kappa shape index (κ2) is 5.47. The van der Waals surface area contributed by atoms with Gasteiger partial charge in [-0.1, -0.05) is 6.07 Å². The highest BCUT2D eigenvalue weighted by Crippen LogP contribution is 2.21. The Kier molecular flexibility index (Phi) is 3.97. The van der Waals surface area contributed by atoms with Crippen LogP contribution in [0.25, 0.3) is 0 Å². The van der Waals surface area contributed by atoms with Crippen LogP contribution < -0.4 is 10.5 Å². The molecule has 3 nitrogen and oxygen atoms in total. The van der Waals surface area contributed by atoms with Crippen molar-refractivity contribution in [2.24, 2.45) is 5.73 Å². The van der Waals surface area contributed by atoms with E-state index >= 15 is 0 Å². The summed E-state index contributed by atoms with van der Waals surface area (Å²) in [6.45, 7) is 2.04. The molecule has 1 aromatic rings. The average molecular weight is 238 g/mol. The van der Waals surface area contributed by atoms with Gasteiger partial charge < -0.3 is 15.4 Å². The number of rotatable bonds is 4. The van der Waals surface area contributed by atoms with Crippen molar-refractivity contribution in [3.8, 4) is 5.75 Å². The minimum Gasteiger partial charge on any atom is -0.489 e. The lowest BCUT2D eigenvalue weighted by Crippen LogP contribution is -2.30. The second-order valence-electron chi connectivity index (χ2n) is 4.56. The predicted molar refractivity (Wildman–Crippen MR) is 65.4 cm³/mol. The molecular formula is C13H19FN2O. The van der Waals surface area contributed by atoms with Crippen molar-refractivity contribution in [3.63, 3.8) is 0 Å². The van der Waals surface area contributed by atoms with Crippen LogP contribution >= 0.6 is 0 Å². The van der Waals surface area contributed by atoms with Crippen LogP contribution in [0.3, 0.4) is 0 Å². The number of nitrogens with zero attached hydrogens (tertiary/aromatic N) is 1. The lowest BCUT2D eigenvalue weighted by Gasteiger charge is -2.20. The number of hydrogen-bond donors (Lipinski definition) is 1. The van der Waals surface area contributed by atoms with E-state index in [1.165, 1.54) is 12.5 Å². The normalized spacial score (nSPS) is 20.8. The van der Waals surface area contributed by atoms with Crippen molar-refractivity contribution in [2.45, 2.75) is 25.4 Å². The number of halogens is 1. The largest absolute Gasteiger partial charge is 0.489 e. The van der Waals surface area contributed by atoms with Gasteiger partial charge in [0.05, 0.1) is 0 Å². The van der Waals surface area contributed by atoms with Crippen LogP contribution in [-0.4, -0.2) is 31.1 Å². The maximum Gasteiger partial charge on any atom is 0.165 e. The summed E-state index contributed by atoms with van der Waals surface area (Å²) in [6.07, 6.45) is 2.31. The van der Waals surface area contributed by atoms with Crippen molar-refractivity contribution in [2.75, 3.05) is 20.2 Å². The molecule has 0 aromatic heterocycles. The number of benzene rings is 1. The van der Waals surface area contributed by atoms with Crippen molar-refractivity contribution < 1.29 is 9.13 Å². The van der Waals surface area contributed by atoms with E-state index in [2.05, 4.69) is 11.9 Å². The third-order valence-electron chi connectivity index (χ3n) is 3.33. The third kappa shape index (κ3) is 2.96. The molecule has 4 heteroatoms. The molecule has 0 aliphatic carbocycles. The molecule has 1 aliphatic rings. The maximum absolute atomic E-state index is 13.5. The molecule has 0 saturated carbocycles. The molecule has 1 aliphatic heterocycles. The SMILES string of the molecule is CN1CCC[C@H]1COc1cc(CN)ccc1F. The molecule has 0 radical (unpaired) electrons. The number of likely N-dealkylation sites (tertiary alicyclic amines) is 1. The summed E-state index contributed by atoms with van der Waals surface area (Å²) in [6, 6.07) is 5.18. The topological polar surface area (TPSA) is 38.5 Å². The smallest absolute Gasteiger partial charge is 0.165 e. The highest BCUT2D eigenvalue weighted by molar-refractivity contribution is 5.30. The fourth-order valence-corrected chi connectivity index (χ4v) is 2.16. The summed E-state index contributed by atoms with van der Waals surface area (Å²) < 4.78 is 19.1. The van der Waals surface area contributed by atoms with Gasteiger partial charge >= 0.3 is 0 Å². The second-order valence-corrected chi connectivity index (χ2v) is 4.56. The Hall–Kier alpha value is -1.13. The van der Waals surface area contributed by atoms with Crippen molar-refractivity contribution in [1.82, 2.24) is 4.90 Å². The number of likely N-dealkylation sites (N-methyl/N-ethyl adjacent to an activating group) is 1. The average Bonchev–Trinajstić information content (AvgIpc) is 2.74. The zero-order chi connectivity index (χ0) is 12.3. The minimum absolute atomic E-state index is 0.313. The fourth-order valence-electron chi connectivity index (χ4n) is 2.16. The summed E-state index contributed by atoms with van der Waals surface area (Å²) in [4.78, 5) is 2.25. The van der Waals surface area contributed by atoms with Gasteiger partial charge in [0.25, 0.3) is 0 Å². The first-order chi connectivity index (χ1) is 8.20. The highest BCUT2D eigenvalue weighted by Gasteiger charge is 2.21. The van der Waals surface area contributed by atoms with Crippen LogP contribution in [-0.2, 0) is 6.54 Å². The molecule has 17 heavy (non-hydrogen) atoms. The Morgan fingerprint density at radius 2 is 2.35 bits per heavy atom. The Morgan fingerprint density at radius 1 is 1.53 bits per heavy atom. The summed E-state index contributed by atoms with van der Waals surface area (Å²) >= 11 is 0. The Balaban J connectivity index is 1.98. The maximum atomic E-state index is 13.5. The zero-order valence-electron chi connectivity index (χ0n) is 10.2. The molecule has 0 amide bonds. The van der Waals surface area contributed by atoms with E-state index in [0.717, 1.165) is 18.5 Å². The minimum atomic E-state index is -0.317. The number of hydrogen-bond acceptors (Lipinski definition) is 3. The van der Waals surface area contributed by atoms with Crippen molar-refractivity contribution in [3.05, 3.63) is 29.6 Å². The van der Waals surface area contributed by atoms with Crippen LogP contribution in [0.5, 0.6) is 5.75 Å². The molecule has 1 atom stereocenters. The van der Waals surface area contributed by atoms with Gasteiger partial charge in [-0.05, 0) is 44.1 Å². The first kappa shape index (κ1) is 12.3. The monoisotopic (exact) mass is 238 g/mol. The Bertz CT molecular complexity index is 384. The lowest BCUT2D eigenvalue weighted by atomic mass is 10.2. The van der Waals surface area contributed by atoms with Crippen LogP contribution in [0, 0.1) is 5.82 Å². The summed E-state index contributed by atoms with van der Waals surface area (Å²) in [7, 11) is 2.08. The van der Waals surface area contributed by atoms with E-state index in [0.29, 0.717) is 24.9 Å². The van der Waals surface area contributed by atoms with Gasteiger partial charge in [0.1, 0.15) is 6.61 Å². The standard InChI is InChI=1S/C13H19FN2O/c1-16-6-2-3-11(16)9-17-13-7-10(8-15)4-5-12(13)14/h4-5,7,11H,2-3,6,8-9,15H2,1H3/t11-/m0/s1. The van der Waals surface area contributed by atoms with Gasteiger partial charge in [-0.2, -0.15) is 0 Å². The summed E-state index contributed by atoms with van der Waals surface area (Å²) in [5.41, 5.74) is 6.41. The molecule has 2 rings (SSSR count). The van der Waals surface area contributed by atoms with Gasteiger partial charge in [-0.3, -0.25) is 0 Å². The number of nitrogens with two attached hydrogens (primary N) is 1. The van der Waals surface area contributed by atoms with Gasteiger partial charge in [0.2, 0.25) is 0 Å². The summed E-state index contributed by atoms with van der Waals surface area (Å²) in [5.74, 6) is -0.00361. The molecular weight excluding hydrogens is 219 g/mol. The Labute approximate surface area is 101 Å². The van der Waals surface area contributed by atoms with Crippen LogP contribution in [0.1, 0.15) is 18.4 Å². The third-order valence-corrected chi connectivity index (χ3v) is 3.33. The fraction of sp³-hybridized carbons (Fsp3) is 0.538. The molecule has 1 fully saturated rings. The molecule has 0 bridgehead atoms. The molecule has 1 aromatic carbocycles. The van der Waals surface area contributed by atoms with Crippen molar-refractivity contribution in [1.29, 1.82) is 0 Å². The molecule has 0 unspecified atom stereocenters. The van der Waals surface area contributed by atoms with Gasteiger partial charge in [-0.15, -0.1) is 0 Å².